The molecule has 92 valence electrons. The van der Waals surface area contributed by atoms with Gasteiger partial charge in [-0.25, -0.2) is 4.39 Å². The largest absolute Gasteiger partial charge is 0.481 e. The summed E-state index contributed by atoms with van der Waals surface area (Å²) in [6.07, 6.45) is 0.0817. The maximum atomic E-state index is 13.0. The van der Waals surface area contributed by atoms with Gasteiger partial charge in [-0.3, -0.25) is 9.59 Å². The number of carbonyl (C=O) groups excluding carboxylic acids is 1. The van der Waals surface area contributed by atoms with Crippen molar-refractivity contribution >= 4 is 17.6 Å². The van der Waals surface area contributed by atoms with Crippen molar-refractivity contribution in [2.45, 2.75) is 19.8 Å². The Bertz CT molecular complexity index is 420. The van der Waals surface area contributed by atoms with Crippen molar-refractivity contribution in [1.29, 1.82) is 0 Å². The number of anilines is 1. The van der Waals surface area contributed by atoms with Gasteiger partial charge in [-0.05, 0) is 18.2 Å². The topological polar surface area (TPSA) is 57.6 Å². The van der Waals surface area contributed by atoms with Crippen molar-refractivity contribution in [3.05, 3.63) is 30.1 Å². The van der Waals surface area contributed by atoms with E-state index in [1.807, 2.05) is 0 Å². The molecule has 4 nitrogen and oxygen atoms in total. The number of aliphatic carboxylic acids is 1. The maximum absolute atomic E-state index is 13.0. The van der Waals surface area contributed by atoms with Gasteiger partial charge in [-0.2, -0.15) is 0 Å². The Labute approximate surface area is 98.7 Å². The Kier molecular flexibility index (Phi) is 4.63. The average molecular weight is 239 g/mol. The SMILES string of the molecule is CCC(=O)N(CCC(=O)O)c1cccc(F)c1. The van der Waals surface area contributed by atoms with E-state index >= 15 is 0 Å². The molecule has 1 aromatic carbocycles. The van der Waals surface area contributed by atoms with Crippen LogP contribution in [0.25, 0.3) is 0 Å². The van der Waals surface area contributed by atoms with Crippen LogP contribution in [-0.4, -0.2) is 23.5 Å². The molecule has 0 aliphatic carbocycles. The molecule has 1 amide bonds. The molecule has 1 N–H and O–H groups in total. The summed E-state index contributed by atoms with van der Waals surface area (Å²) in [5.41, 5.74) is 0.387. The number of halogens is 1. The molecule has 0 saturated carbocycles. The van der Waals surface area contributed by atoms with Gasteiger partial charge in [0, 0.05) is 18.7 Å². The van der Waals surface area contributed by atoms with E-state index in [-0.39, 0.29) is 25.3 Å². The molecule has 5 heteroatoms. The number of rotatable bonds is 5. The lowest BCUT2D eigenvalue weighted by Gasteiger charge is -2.21. The third-order valence-electron chi connectivity index (χ3n) is 2.27. The normalized spacial score (nSPS) is 10.0. The molecule has 1 aromatic rings. The van der Waals surface area contributed by atoms with E-state index in [1.165, 1.54) is 23.1 Å². The zero-order valence-corrected chi connectivity index (χ0v) is 9.52. The average Bonchev–Trinajstić information content (AvgIpc) is 2.28. The van der Waals surface area contributed by atoms with Crippen LogP contribution in [0.5, 0.6) is 0 Å². The summed E-state index contributed by atoms with van der Waals surface area (Å²) in [4.78, 5) is 23.4. The van der Waals surface area contributed by atoms with Crippen LogP contribution >= 0.6 is 0 Å². The van der Waals surface area contributed by atoms with Crippen LogP contribution in [-0.2, 0) is 9.59 Å². The molecule has 0 saturated heterocycles. The van der Waals surface area contributed by atoms with E-state index in [0.717, 1.165) is 0 Å². The van der Waals surface area contributed by atoms with Crippen LogP contribution in [0.3, 0.4) is 0 Å². The minimum Gasteiger partial charge on any atom is -0.481 e. The van der Waals surface area contributed by atoms with Gasteiger partial charge in [0.1, 0.15) is 5.82 Å². The number of amides is 1. The van der Waals surface area contributed by atoms with Crippen molar-refractivity contribution in [1.82, 2.24) is 0 Å². The zero-order chi connectivity index (χ0) is 12.8. The fourth-order valence-electron chi connectivity index (χ4n) is 1.44. The van der Waals surface area contributed by atoms with Gasteiger partial charge in [0.15, 0.2) is 0 Å². The van der Waals surface area contributed by atoms with Crippen LogP contribution in [0.15, 0.2) is 24.3 Å². The van der Waals surface area contributed by atoms with Crippen LogP contribution in [0, 0.1) is 5.82 Å². The highest BCUT2D eigenvalue weighted by Crippen LogP contribution is 2.17. The maximum Gasteiger partial charge on any atom is 0.305 e. The Hall–Kier alpha value is -1.91. The van der Waals surface area contributed by atoms with Crippen LogP contribution in [0.1, 0.15) is 19.8 Å². The third-order valence-corrected chi connectivity index (χ3v) is 2.27. The van der Waals surface area contributed by atoms with E-state index < -0.39 is 11.8 Å². The Morgan fingerprint density at radius 3 is 2.65 bits per heavy atom. The fourth-order valence-corrected chi connectivity index (χ4v) is 1.44. The highest BCUT2D eigenvalue weighted by atomic mass is 19.1. The summed E-state index contributed by atoms with van der Waals surface area (Å²) < 4.78 is 13.0. The summed E-state index contributed by atoms with van der Waals surface area (Å²) in [6.45, 7) is 1.72. The third kappa shape index (κ3) is 3.86. The number of hydrogen-bond acceptors (Lipinski definition) is 2. The fraction of sp³-hybridized carbons (Fsp3) is 0.333. The Morgan fingerprint density at radius 2 is 2.12 bits per heavy atom. The first-order chi connectivity index (χ1) is 8.04. The predicted octanol–water partition coefficient (Wildman–Crippen LogP) is 2.04. The number of nitrogens with zero attached hydrogens (tertiary/aromatic N) is 1. The van der Waals surface area contributed by atoms with E-state index in [0.29, 0.717) is 5.69 Å². The lowest BCUT2D eigenvalue weighted by molar-refractivity contribution is -0.136. The quantitative estimate of drug-likeness (QED) is 0.855. The molecule has 0 unspecified atom stereocenters. The lowest BCUT2D eigenvalue weighted by atomic mass is 10.2. The monoisotopic (exact) mass is 239 g/mol. The second-order valence-electron chi connectivity index (χ2n) is 3.52. The van der Waals surface area contributed by atoms with Gasteiger partial charge in [-0.1, -0.05) is 13.0 Å². The van der Waals surface area contributed by atoms with Crippen molar-refractivity contribution < 1.29 is 19.1 Å². The molecule has 0 fully saturated rings. The molecule has 0 spiro atoms. The first-order valence-corrected chi connectivity index (χ1v) is 5.32. The number of hydrogen-bond donors (Lipinski definition) is 1. The molecule has 0 aliphatic rings. The summed E-state index contributed by atoms with van der Waals surface area (Å²) >= 11 is 0. The van der Waals surface area contributed by atoms with Crippen LogP contribution < -0.4 is 4.90 Å². The smallest absolute Gasteiger partial charge is 0.305 e. The molecule has 0 radical (unpaired) electrons. The second-order valence-corrected chi connectivity index (χ2v) is 3.52. The number of benzene rings is 1. The summed E-state index contributed by atoms with van der Waals surface area (Å²) in [7, 11) is 0. The van der Waals surface area contributed by atoms with Gasteiger partial charge < -0.3 is 10.0 Å². The second kappa shape index (κ2) is 5.98. The Morgan fingerprint density at radius 1 is 1.41 bits per heavy atom. The number of carboxylic acids is 1. The van der Waals surface area contributed by atoms with Gasteiger partial charge in [-0.15, -0.1) is 0 Å². The van der Waals surface area contributed by atoms with Crippen LogP contribution in [0.4, 0.5) is 10.1 Å². The minimum atomic E-state index is -0.990. The standard InChI is InChI=1S/C12H14FNO3/c1-2-11(15)14(7-6-12(16)17)10-5-3-4-9(13)8-10/h3-5,8H,2,6-7H2,1H3,(H,16,17). The van der Waals surface area contributed by atoms with E-state index in [4.69, 9.17) is 5.11 Å². The first-order valence-electron chi connectivity index (χ1n) is 5.32. The Balaban J connectivity index is 2.89. The lowest BCUT2D eigenvalue weighted by Crippen LogP contribution is -2.32. The highest BCUT2D eigenvalue weighted by molar-refractivity contribution is 5.93. The van der Waals surface area contributed by atoms with Gasteiger partial charge in [0.2, 0.25) is 5.91 Å². The molecular weight excluding hydrogens is 225 g/mol. The van der Waals surface area contributed by atoms with Crippen molar-refractivity contribution in [2.75, 3.05) is 11.4 Å². The number of carboxylic acid groups (broad SMARTS) is 1. The summed E-state index contributed by atoms with van der Waals surface area (Å²) in [6, 6.07) is 5.56. The summed E-state index contributed by atoms with van der Waals surface area (Å²) in [5.74, 6) is -1.67. The molecule has 0 atom stereocenters. The first kappa shape index (κ1) is 13.2. The van der Waals surface area contributed by atoms with E-state index in [9.17, 15) is 14.0 Å². The molecule has 0 aromatic heterocycles. The minimum absolute atomic E-state index is 0.0471. The molecule has 0 bridgehead atoms. The van der Waals surface area contributed by atoms with Crippen molar-refractivity contribution in [2.24, 2.45) is 0 Å². The van der Waals surface area contributed by atoms with Crippen molar-refractivity contribution in [3.8, 4) is 0 Å². The van der Waals surface area contributed by atoms with Crippen molar-refractivity contribution in [3.63, 3.8) is 0 Å². The molecule has 0 aliphatic heterocycles. The highest BCUT2D eigenvalue weighted by Gasteiger charge is 2.15. The van der Waals surface area contributed by atoms with Gasteiger partial charge in [0.05, 0.1) is 6.42 Å². The van der Waals surface area contributed by atoms with Crippen LogP contribution in [0.2, 0.25) is 0 Å². The van der Waals surface area contributed by atoms with Gasteiger partial charge in [0.25, 0.3) is 0 Å². The number of carbonyl (C=O) groups is 2. The van der Waals surface area contributed by atoms with E-state index in [2.05, 4.69) is 0 Å². The molecular formula is C12H14FNO3. The molecule has 0 heterocycles. The molecule has 17 heavy (non-hydrogen) atoms. The van der Waals surface area contributed by atoms with E-state index in [1.54, 1.807) is 13.0 Å². The molecule has 1 rings (SSSR count). The summed E-state index contributed by atoms with van der Waals surface area (Å²) in [5, 5.41) is 8.61. The predicted molar refractivity (Wildman–Crippen MR) is 61.3 cm³/mol. The van der Waals surface area contributed by atoms with Gasteiger partial charge >= 0.3 is 5.97 Å². The zero-order valence-electron chi connectivity index (χ0n) is 9.52.